The van der Waals surface area contributed by atoms with Gasteiger partial charge >= 0.3 is 0 Å². The summed E-state index contributed by atoms with van der Waals surface area (Å²) in [5, 5.41) is 12.2. The molecular weight excluding hydrogens is 224 g/mol. The zero-order chi connectivity index (χ0) is 12.8. The lowest BCUT2D eigenvalue weighted by atomic mass is 9.99. The molecule has 96 valence electrons. The van der Waals surface area contributed by atoms with Gasteiger partial charge in [0, 0.05) is 5.56 Å². The minimum absolute atomic E-state index is 0.420. The van der Waals surface area contributed by atoms with E-state index < -0.39 is 0 Å². The van der Waals surface area contributed by atoms with Gasteiger partial charge in [0.05, 0.1) is 19.1 Å². The molecule has 0 unspecified atom stereocenters. The fraction of sp³-hybridized carbons (Fsp3) is 0.533. The number of aryl methyl sites for hydroxylation is 1. The number of hydrogen-bond donors (Lipinski definition) is 1. The van der Waals surface area contributed by atoms with Crippen LogP contribution in [0.5, 0.6) is 5.75 Å². The molecule has 1 N–H and O–H groups in total. The second-order valence-corrected chi connectivity index (χ2v) is 4.95. The van der Waals surface area contributed by atoms with E-state index in [4.69, 9.17) is 10.00 Å². The van der Waals surface area contributed by atoms with Gasteiger partial charge in [0.2, 0.25) is 0 Å². The van der Waals surface area contributed by atoms with Crippen LogP contribution in [0, 0.1) is 24.2 Å². The quantitative estimate of drug-likeness (QED) is 0.884. The van der Waals surface area contributed by atoms with Crippen LogP contribution in [0.2, 0.25) is 0 Å². The fourth-order valence-electron chi connectivity index (χ4n) is 2.33. The van der Waals surface area contributed by atoms with Gasteiger partial charge in [-0.25, -0.2) is 0 Å². The second kappa shape index (κ2) is 6.42. The first-order chi connectivity index (χ1) is 8.79. The highest BCUT2D eigenvalue weighted by molar-refractivity contribution is 5.38. The molecule has 0 saturated carbocycles. The fourth-order valence-corrected chi connectivity index (χ4v) is 2.33. The first-order valence-corrected chi connectivity index (χ1v) is 6.59. The Kier molecular flexibility index (Phi) is 4.60. The van der Waals surface area contributed by atoms with Gasteiger partial charge in [-0.3, -0.25) is 0 Å². The Morgan fingerprint density at radius 3 is 2.89 bits per heavy atom. The van der Waals surface area contributed by atoms with E-state index in [0.717, 1.165) is 31.0 Å². The summed E-state index contributed by atoms with van der Waals surface area (Å²) >= 11 is 0. The van der Waals surface area contributed by atoms with Gasteiger partial charge in [-0.15, -0.1) is 0 Å². The predicted molar refractivity (Wildman–Crippen MR) is 71.6 cm³/mol. The molecule has 0 aromatic heterocycles. The van der Waals surface area contributed by atoms with Crippen molar-refractivity contribution < 1.29 is 4.74 Å². The van der Waals surface area contributed by atoms with Gasteiger partial charge in [-0.1, -0.05) is 17.7 Å². The average Bonchev–Trinajstić information content (AvgIpc) is 2.39. The third-order valence-corrected chi connectivity index (χ3v) is 3.42. The van der Waals surface area contributed by atoms with Gasteiger partial charge in [0.1, 0.15) is 5.75 Å². The molecular formula is C15H20N2O. The number of nitrogens with zero attached hydrogens (tertiary/aromatic N) is 1. The van der Waals surface area contributed by atoms with Crippen LogP contribution in [0.25, 0.3) is 0 Å². The van der Waals surface area contributed by atoms with Gasteiger partial charge in [-0.05, 0) is 44.8 Å². The van der Waals surface area contributed by atoms with E-state index in [2.05, 4.69) is 11.4 Å². The van der Waals surface area contributed by atoms with Crippen molar-refractivity contribution >= 4 is 0 Å². The predicted octanol–water partition coefficient (Wildman–Crippen LogP) is 2.44. The van der Waals surface area contributed by atoms with Crippen LogP contribution < -0.4 is 10.1 Å². The molecule has 1 fully saturated rings. The highest BCUT2D eigenvalue weighted by atomic mass is 16.5. The summed E-state index contributed by atoms with van der Waals surface area (Å²) in [4.78, 5) is 0. The van der Waals surface area contributed by atoms with Crippen LogP contribution in [0.4, 0.5) is 0 Å². The molecule has 0 amide bonds. The molecule has 0 aliphatic carbocycles. The van der Waals surface area contributed by atoms with Crippen LogP contribution in [-0.2, 0) is 6.42 Å². The summed E-state index contributed by atoms with van der Waals surface area (Å²) in [6.45, 7) is 4.99. The lowest BCUT2D eigenvalue weighted by Gasteiger charge is -2.23. The summed E-state index contributed by atoms with van der Waals surface area (Å²) in [5.41, 5.74) is 2.18. The number of nitriles is 1. The molecule has 1 aromatic rings. The van der Waals surface area contributed by atoms with Crippen molar-refractivity contribution in [1.82, 2.24) is 5.32 Å². The van der Waals surface area contributed by atoms with Gasteiger partial charge in [0.15, 0.2) is 0 Å². The standard InChI is InChI=1S/C15H20N2O/c1-12-2-3-15(14(10-12)4-7-16)18-11-13-5-8-17-9-6-13/h2-3,10,13,17H,4-6,8-9,11H2,1H3. The van der Waals surface area contributed by atoms with E-state index in [9.17, 15) is 0 Å². The normalized spacial score (nSPS) is 16.2. The topological polar surface area (TPSA) is 45.0 Å². The highest BCUT2D eigenvalue weighted by Gasteiger charge is 2.14. The van der Waals surface area contributed by atoms with Crippen molar-refractivity contribution in [3.63, 3.8) is 0 Å². The lowest BCUT2D eigenvalue weighted by molar-refractivity contribution is 0.214. The number of piperidine rings is 1. The Hall–Kier alpha value is -1.53. The Balaban J connectivity index is 1.97. The van der Waals surface area contributed by atoms with E-state index in [1.165, 1.54) is 18.4 Å². The maximum absolute atomic E-state index is 8.84. The van der Waals surface area contributed by atoms with Crippen molar-refractivity contribution in [2.75, 3.05) is 19.7 Å². The number of benzene rings is 1. The Morgan fingerprint density at radius 2 is 2.17 bits per heavy atom. The maximum atomic E-state index is 8.84. The summed E-state index contributed by atoms with van der Waals surface area (Å²) < 4.78 is 5.91. The largest absolute Gasteiger partial charge is 0.493 e. The molecule has 3 heteroatoms. The highest BCUT2D eigenvalue weighted by Crippen LogP contribution is 2.22. The molecule has 3 nitrogen and oxygen atoms in total. The molecule has 1 saturated heterocycles. The van der Waals surface area contributed by atoms with E-state index >= 15 is 0 Å². The molecule has 0 radical (unpaired) electrons. The molecule has 0 atom stereocenters. The Morgan fingerprint density at radius 1 is 1.39 bits per heavy atom. The minimum Gasteiger partial charge on any atom is -0.493 e. The van der Waals surface area contributed by atoms with Crippen molar-refractivity contribution in [1.29, 1.82) is 5.26 Å². The van der Waals surface area contributed by atoms with Crippen LogP contribution in [0.1, 0.15) is 24.0 Å². The van der Waals surface area contributed by atoms with Gasteiger partial charge < -0.3 is 10.1 Å². The summed E-state index contributed by atoms with van der Waals surface area (Å²) in [6, 6.07) is 8.27. The SMILES string of the molecule is Cc1ccc(OCC2CCNCC2)c(CC#N)c1. The van der Waals surface area contributed by atoms with E-state index in [0.29, 0.717) is 12.3 Å². The average molecular weight is 244 g/mol. The zero-order valence-corrected chi connectivity index (χ0v) is 10.9. The molecule has 18 heavy (non-hydrogen) atoms. The molecule has 0 bridgehead atoms. The van der Waals surface area contributed by atoms with Crippen molar-refractivity contribution in [3.8, 4) is 11.8 Å². The number of hydrogen-bond acceptors (Lipinski definition) is 3. The zero-order valence-electron chi connectivity index (χ0n) is 10.9. The minimum atomic E-state index is 0.420. The smallest absolute Gasteiger partial charge is 0.123 e. The summed E-state index contributed by atoms with van der Waals surface area (Å²) in [7, 11) is 0. The number of rotatable bonds is 4. The molecule has 1 aromatic carbocycles. The van der Waals surface area contributed by atoms with Crippen LogP contribution >= 0.6 is 0 Å². The molecule has 0 spiro atoms. The third-order valence-electron chi connectivity index (χ3n) is 3.42. The first kappa shape index (κ1) is 12.9. The van der Waals surface area contributed by atoms with Gasteiger partial charge in [0.25, 0.3) is 0 Å². The summed E-state index contributed by atoms with van der Waals surface area (Å²) in [5.74, 6) is 1.52. The first-order valence-electron chi connectivity index (χ1n) is 6.59. The third kappa shape index (κ3) is 3.48. The van der Waals surface area contributed by atoms with Crippen molar-refractivity contribution in [3.05, 3.63) is 29.3 Å². The van der Waals surface area contributed by atoms with Crippen LogP contribution in [0.3, 0.4) is 0 Å². The Bertz CT molecular complexity index is 431. The molecule has 1 heterocycles. The van der Waals surface area contributed by atoms with Crippen LogP contribution in [0.15, 0.2) is 18.2 Å². The van der Waals surface area contributed by atoms with Crippen LogP contribution in [-0.4, -0.2) is 19.7 Å². The number of nitrogens with one attached hydrogen (secondary N) is 1. The van der Waals surface area contributed by atoms with E-state index in [1.54, 1.807) is 0 Å². The molecule has 2 rings (SSSR count). The van der Waals surface area contributed by atoms with E-state index in [-0.39, 0.29) is 0 Å². The monoisotopic (exact) mass is 244 g/mol. The van der Waals surface area contributed by atoms with Crippen molar-refractivity contribution in [2.24, 2.45) is 5.92 Å². The summed E-state index contributed by atoms with van der Waals surface area (Å²) in [6.07, 6.45) is 2.78. The number of ether oxygens (including phenoxy) is 1. The molecule has 1 aliphatic heterocycles. The lowest BCUT2D eigenvalue weighted by Crippen LogP contribution is -2.30. The Labute approximate surface area is 109 Å². The molecule has 1 aliphatic rings. The maximum Gasteiger partial charge on any atom is 0.123 e. The van der Waals surface area contributed by atoms with Gasteiger partial charge in [-0.2, -0.15) is 5.26 Å². The van der Waals surface area contributed by atoms with Crippen molar-refractivity contribution in [2.45, 2.75) is 26.2 Å². The van der Waals surface area contributed by atoms with E-state index in [1.807, 2.05) is 25.1 Å². The second-order valence-electron chi connectivity index (χ2n) is 4.95.